The molecule has 0 N–H and O–H groups in total. The molecule has 0 fully saturated rings. The zero-order valence-corrected chi connectivity index (χ0v) is 33.6. The Morgan fingerprint density at radius 2 is 0.949 bits per heavy atom. The molecule has 0 radical (unpaired) electrons. The van der Waals surface area contributed by atoms with E-state index in [0.717, 1.165) is 11.4 Å². The second kappa shape index (κ2) is 13.8. The van der Waals surface area contributed by atoms with Gasteiger partial charge in [0.1, 0.15) is 0 Å². The van der Waals surface area contributed by atoms with E-state index in [9.17, 15) is 0 Å². The highest BCUT2D eigenvalue weighted by Crippen LogP contribution is 2.48. The van der Waals surface area contributed by atoms with Crippen LogP contribution >= 0.6 is 22.7 Å². The van der Waals surface area contributed by atoms with E-state index in [0.29, 0.717) is 0 Å². The molecule has 59 heavy (non-hydrogen) atoms. The molecule has 0 spiro atoms. The molecule has 12 rings (SSSR count). The first-order chi connectivity index (χ1) is 29.2. The third-order valence-corrected chi connectivity index (χ3v) is 14.3. The molecule has 2 aromatic heterocycles. The summed E-state index contributed by atoms with van der Waals surface area (Å²) in [6.07, 6.45) is 0. The number of benzene rings is 10. The predicted octanol–water partition coefficient (Wildman–Crippen LogP) is 17.2. The maximum Gasteiger partial charge on any atom is 0.0640 e. The summed E-state index contributed by atoms with van der Waals surface area (Å²) >= 11 is 3.76. The second-order valence-electron chi connectivity index (χ2n) is 15.2. The van der Waals surface area contributed by atoms with E-state index in [-0.39, 0.29) is 0 Å². The fourth-order valence-electron chi connectivity index (χ4n) is 9.08. The van der Waals surface area contributed by atoms with Crippen molar-refractivity contribution in [2.45, 2.75) is 0 Å². The summed E-state index contributed by atoms with van der Waals surface area (Å²) < 4.78 is 5.21. The number of fused-ring (bicyclic) bond motifs is 9. The lowest BCUT2D eigenvalue weighted by molar-refractivity contribution is 1.30. The average molecular weight is 786 g/mol. The smallest absolute Gasteiger partial charge is 0.0640 e. The van der Waals surface area contributed by atoms with Gasteiger partial charge in [0.05, 0.1) is 10.4 Å². The predicted molar refractivity (Wildman–Crippen MR) is 258 cm³/mol. The van der Waals surface area contributed by atoms with Gasteiger partial charge in [0.15, 0.2) is 0 Å². The standard InChI is InChI=1S/C56H35NS2/c1-2-12-37(13-3-1)47-20-9-21-48-49-22-10-23-51(56(49)59-55(47)48)57(43-16-8-15-40(35-43)46-19-11-25-53-54(46)50-18-6-7-24-52(50)58-53)42-31-28-36(29-32-42)39-30-33-45-41(34-39)27-26-38-14-4-5-17-44(38)45/h1-35H. The van der Waals surface area contributed by atoms with E-state index >= 15 is 0 Å². The molecule has 1 nitrogen and oxygen atoms in total. The van der Waals surface area contributed by atoms with Gasteiger partial charge in [0, 0.05) is 47.0 Å². The third kappa shape index (κ3) is 5.66. The van der Waals surface area contributed by atoms with Crippen LogP contribution in [0.4, 0.5) is 17.1 Å². The zero-order valence-electron chi connectivity index (χ0n) is 32.0. The summed E-state index contributed by atoms with van der Waals surface area (Å²) in [7, 11) is 0. The monoisotopic (exact) mass is 785 g/mol. The summed E-state index contributed by atoms with van der Waals surface area (Å²) in [5.41, 5.74) is 10.8. The Bertz CT molecular complexity index is 3560. The molecule has 0 amide bonds. The number of thiophene rings is 2. The van der Waals surface area contributed by atoms with E-state index < -0.39 is 0 Å². The fourth-order valence-corrected chi connectivity index (χ4v) is 11.5. The fraction of sp³-hybridized carbons (Fsp3) is 0. The quantitative estimate of drug-likeness (QED) is 0.152. The van der Waals surface area contributed by atoms with Gasteiger partial charge in [-0.3, -0.25) is 0 Å². The van der Waals surface area contributed by atoms with Crippen LogP contribution in [0.1, 0.15) is 0 Å². The minimum atomic E-state index is 1.12. The van der Waals surface area contributed by atoms with Gasteiger partial charge in [-0.2, -0.15) is 0 Å². The van der Waals surface area contributed by atoms with Crippen LogP contribution in [0.15, 0.2) is 212 Å². The topological polar surface area (TPSA) is 3.24 Å². The van der Waals surface area contributed by atoms with Crippen molar-refractivity contribution in [3.05, 3.63) is 212 Å². The Labute approximate surface area is 350 Å². The maximum atomic E-state index is 2.46. The summed E-state index contributed by atoms with van der Waals surface area (Å²) in [4.78, 5) is 2.46. The molecule has 0 atom stereocenters. The third-order valence-electron chi connectivity index (χ3n) is 11.9. The van der Waals surface area contributed by atoms with Crippen LogP contribution in [0.2, 0.25) is 0 Å². The van der Waals surface area contributed by atoms with Crippen molar-refractivity contribution < 1.29 is 0 Å². The Kier molecular flexibility index (Phi) is 7.97. The molecular formula is C56H35NS2. The molecule has 0 saturated carbocycles. The van der Waals surface area contributed by atoms with Crippen LogP contribution in [0, 0.1) is 0 Å². The number of nitrogens with zero attached hydrogens (tertiary/aromatic N) is 1. The van der Waals surface area contributed by atoms with Crippen LogP contribution in [-0.4, -0.2) is 0 Å². The lowest BCUT2D eigenvalue weighted by Gasteiger charge is -2.27. The van der Waals surface area contributed by atoms with Crippen LogP contribution in [0.25, 0.3) is 95.3 Å². The normalized spacial score (nSPS) is 11.7. The van der Waals surface area contributed by atoms with Crippen molar-refractivity contribution in [2.75, 3.05) is 4.90 Å². The van der Waals surface area contributed by atoms with Crippen molar-refractivity contribution >= 4 is 102 Å². The molecule has 0 bridgehead atoms. The van der Waals surface area contributed by atoms with E-state index in [4.69, 9.17) is 0 Å². The van der Waals surface area contributed by atoms with Gasteiger partial charge >= 0.3 is 0 Å². The van der Waals surface area contributed by atoms with E-state index in [1.807, 2.05) is 22.7 Å². The minimum Gasteiger partial charge on any atom is -0.309 e. The SMILES string of the molecule is c1ccc(-c2cccc3c2sc2c(N(c4ccc(-c5ccc6c(ccc7ccccc76)c5)cc4)c4cccc(-c5cccc6sc7ccccc7c56)c4)cccc23)cc1. The van der Waals surface area contributed by atoms with Crippen LogP contribution in [0.5, 0.6) is 0 Å². The summed E-state index contributed by atoms with van der Waals surface area (Å²) in [5, 5.41) is 10.3. The average Bonchev–Trinajstić information content (AvgIpc) is 3.89. The highest BCUT2D eigenvalue weighted by atomic mass is 32.1. The van der Waals surface area contributed by atoms with Crippen molar-refractivity contribution in [2.24, 2.45) is 0 Å². The van der Waals surface area contributed by atoms with Crippen LogP contribution < -0.4 is 4.90 Å². The molecule has 2 heterocycles. The molecular weight excluding hydrogens is 751 g/mol. The molecule has 0 unspecified atom stereocenters. The number of rotatable bonds is 6. The van der Waals surface area contributed by atoms with Crippen molar-refractivity contribution in [3.63, 3.8) is 0 Å². The molecule has 276 valence electrons. The molecule has 0 aliphatic carbocycles. The lowest BCUT2D eigenvalue weighted by atomic mass is 9.97. The van der Waals surface area contributed by atoms with Gasteiger partial charge in [-0.15, -0.1) is 22.7 Å². The Morgan fingerprint density at radius 1 is 0.305 bits per heavy atom. The first-order valence-electron chi connectivity index (χ1n) is 20.1. The van der Waals surface area contributed by atoms with Crippen LogP contribution in [-0.2, 0) is 0 Å². The highest BCUT2D eigenvalue weighted by molar-refractivity contribution is 7.27. The molecule has 3 heteroatoms. The molecule has 12 aromatic rings. The lowest BCUT2D eigenvalue weighted by Crippen LogP contribution is -2.10. The summed E-state index contributed by atoms with van der Waals surface area (Å²) in [6.45, 7) is 0. The molecule has 0 aliphatic heterocycles. The second-order valence-corrected chi connectivity index (χ2v) is 17.3. The Balaban J connectivity index is 1.04. The Hall–Kier alpha value is -7.04. The van der Waals surface area contributed by atoms with Crippen molar-refractivity contribution in [1.82, 2.24) is 0 Å². The Morgan fingerprint density at radius 3 is 1.85 bits per heavy atom. The van der Waals surface area contributed by atoms with E-state index in [2.05, 4.69) is 217 Å². The van der Waals surface area contributed by atoms with Gasteiger partial charge in [-0.05, 0) is 103 Å². The van der Waals surface area contributed by atoms with Crippen LogP contribution in [0.3, 0.4) is 0 Å². The van der Waals surface area contributed by atoms with Gasteiger partial charge < -0.3 is 4.90 Å². The van der Waals surface area contributed by atoms with Crippen molar-refractivity contribution in [1.29, 1.82) is 0 Å². The van der Waals surface area contributed by atoms with Gasteiger partial charge in [0.25, 0.3) is 0 Å². The molecule has 10 aromatic carbocycles. The minimum absolute atomic E-state index is 1.12. The number of hydrogen-bond acceptors (Lipinski definition) is 3. The molecule has 0 saturated heterocycles. The van der Waals surface area contributed by atoms with Gasteiger partial charge in [-0.1, -0.05) is 164 Å². The first-order valence-corrected chi connectivity index (χ1v) is 21.7. The summed E-state index contributed by atoms with van der Waals surface area (Å²) in [5.74, 6) is 0. The van der Waals surface area contributed by atoms with E-state index in [1.54, 1.807) is 0 Å². The highest BCUT2D eigenvalue weighted by Gasteiger charge is 2.21. The van der Waals surface area contributed by atoms with Crippen molar-refractivity contribution in [3.8, 4) is 33.4 Å². The van der Waals surface area contributed by atoms with Gasteiger partial charge in [-0.25, -0.2) is 0 Å². The largest absolute Gasteiger partial charge is 0.309 e. The number of anilines is 3. The first kappa shape index (κ1) is 34.0. The van der Waals surface area contributed by atoms with Gasteiger partial charge in [0.2, 0.25) is 0 Å². The van der Waals surface area contributed by atoms with E-state index in [1.165, 1.54) is 101 Å². The summed E-state index contributed by atoms with van der Waals surface area (Å²) in [6, 6.07) is 78.1. The number of hydrogen-bond donors (Lipinski definition) is 0. The maximum absolute atomic E-state index is 2.46. The molecule has 0 aliphatic rings. The zero-order chi connectivity index (χ0) is 38.9.